The molecule has 0 aromatic rings. The first-order chi connectivity index (χ1) is 4.90. The van der Waals surface area contributed by atoms with Crippen LogP contribution in [-0.2, 0) is 9.47 Å². The van der Waals surface area contributed by atoms with Crippen LogP contribution in [0, 0.1) is 5.92 Å². The molecule has 4 rings (SSSR count). The van der Waals surface area contributed by atoms with Crippen LogP contribution >= 0.6 is 0 Å². The number of ether oxygens (including phenoxy) is 2. The van der Waals surface area contributed by atoms with Crippen LogP contribution in [0.15, 0.2) is 0 Å². The molecule has 1 aliphatic carbocycles. The Labute approximate surface area is 60.5 Å². The van der Waals surface area contributed by atoms with Gasteiger partial charge in [-0.1, -0.05) is 0 Å². The van der Waals surface area contributed by atoms with E-state index in [9.17, 15) is 0 Å². The van der Waals surface area contributed by atoms with E-state index < -0.39 is 0 Å². The largest absolute Gasteiger partial charge is 0.349 e. The molecule has 2 atom stereocenters. The second kappa shape index (κ2) is 1.74. The Hall–Kier alpha value is -0.0800. The lowest BCUT2D eigenvalue weighted by atomic mass is 9.79. The van der Waals surface area contributed by atoms with Gasteiger partial charge in [-0.3, -0.25) is 0 Å². The Bertz CT molecular complexity index is 98.8. The summed E-state index contributed by atoms with van der Waals surface area (Å²) in [5, 5.41) is 0. The van der Waals surface area contributed by atoms with Crippen molar-refractivity contribution in [3.05, 3.63) is 0 Å². The van der Waals surface area contributed by atoms with Crippen molar-refractivity contribution in [1.82, 2.24) is 0 Å². The van der Waals surface area contributed by atoms with Gasteiger partial charge in [0.05, 0.1) is 12.2 Å². The molecule has 0 aromatic heterocycles. The van der Waals surface area contributed by atoms with Crippen LogP contribution in [0.25, 0.3) is 0 Å². The molecule has 56 valence electrons. The number of hydrogen-bond acceptors (Lipinski definition) is 2. The third kappa shape index (κ3) is 0.663. The van der Waals surface area contributed by atoms with Crippen LogP contribution < -0.4 is 0 Å². The lowest BCUT2D eigenvalue weighted by molar-refractivity contribution is -0.302. The Morgan fingerprint density at radius 2 is 1.50 bits per heavy atom. The van der Waals surface area contributed by atoms with E-state index in [1.54, 1.807) is 0 Å². The molecule has 4 bridgehead atoms. The van der Waals surface area contributed by atoms with Crippen molar-refractivity contribution < 1.29 is 9.47 Å². The van der Waals surface area contributed by atoms with Gasteiger partial charge in [-0.25, -0.2) is 0 Å². The highest BCUT2D eigenvalue weighted by Crippen LogP contribution is 2.43. The summed E-state index contributed by atoms with van der Waals surface area (Å²) in [5.41, 5.74) is 0. The van der Waals surface area contributed by atoms with Gasteiger partial charge in [-0.2, -0.15) is 0 Å². The molecule has 3 heterocycles. The standard InChI is InChI=1S/C8H12O2/c1-5-2-7-4-6(1)9-8(3-5)10-7/h5-8H,1-4H2. The normalized spacial score (nSPS) is 57.6. The predicted molar refractivity (Wildman–Crippen MR) is 35.5 cm³/mol. The Morgan fingerprint density at radius 3 is 2.00 bits per heavy atom. The van der Waals surface area contributed by atoms with E-state index in [-0.39, 0.29) is 6.29 Å². The van der Waals surface area contributed by atoms with Gasteiger partial charge in [0.1, 0.15) is 0 Å². The molecular formula is C8H12O2. The predicted octanol–water partition coefficient (Wildman–Crippen LogP) is 1.30. The van der Waals surface area contributed by atoms with Gasteiger partial charge in [0, 0.05) is 12.8 Å². The van der Waals surface area contributed by atoms with Crippen molar-refractivity contribution in [3.8, 4) is 0 Å². The van der Waals surface area contributed by atoms with E-state index in [1.165, 1.54) is 12.8 Å². The topological polar surface area (TPSA) is 18.5 Å². The third-order valence-electron chi connectivity index (χ3n) is 2.93. The molecule has 0 aromatic carbocycles. The second-order valence-electron chi connectivity index (χ2n) is 3.75. The summed E-state index contributed by atoms with van der Waals surface area (Å²) in [6.07, 6.45) is 6.20. The first kappa shape index (κ1) is 5.56. The first-order valence-corrected chi connectivity index (χ1v) is 4.21. The second-order valence-corrected chi connectivity index (χ2v) is 3.75. The Morgan fingerprint density at radius 1 is 0.800 bits per heavy atom. The van der Waals surface area contributed by atoms with E-state index in [0.29, 0.717) is 12.2 Å². The summed E-state index contributed by atoms with van der Waals surface area (Å²) in [5.74, 6) is 0.927. The maximum Gasteiger partial charge on any atom is 0.158 e. The molecule has 2 nitrogen and oxygen atoms in total. The van der Waals surface area contributed by atoms with E-state index in [0.717, 1.165) is 18.8 Å². The van der Waals surface area contributed by atoms with Gasteiger partial charge in [0.2, 0.25) is 0 Å². The van der Waals surface area contributed by atoms with Crippen LogP contribution in [0.1, 0.15) is 25.7 Å². The molecule has 1 saturated carbocycles. The molecule has 10 heavy (non-hydrogen) atoms. The zero-order chi connectivity index (χ0) is 6.55. The summed E-state index contributed by atoms with van der Waals surface area (Å²) >= 11 is 0. The third-order valence-corrected chi connectivity index (χ3v) is 2.93. The fraction of sp³-hybridized carbons (Fsp3) is 1.00. The molecule has 0 amide bonds. The minimum Gasteiger partial charge on any atom is -0.349 e. The van der Waals surface area contributed by atoms with Crippen LogP contribution in [-0.4, -0.2) is 18.5 Å². The molecule has 2 unspecified atom stereocenters. The van der Waals surface area contributed by atoms with Crippen molar-refractivity contribution in [1.29, 1.82) is 0 Å². The quantitative estimate of drug-likeness (QED) is 0.505. The smallest absolute Gasteiger partial charge is 0.158 e. The average Bonchev–Trinajstić information content (AvgIpc) is 1.82. The van der Waals surface area contributed by atoms with Crippen LogP contribution in [0.3, 0.4) is 0 Å². The van der Waals surface area contributed by atoms with Crippen molar-refractivity contribution >= 4 is 0 Å². The summed E-state index contributed by atoms with van der Waals surface area (Å²) in [6.45, 7) is 0. The average molecular weight is 140 g/mol. The number of rotatable bonds is 0. The minimum absolute atomic E-state index is 0.177. The molecule has 0 radical (unpaired) electrons. The maximum atomic E-state index is 5.60. The van der Waals surface area contributed by atoms with Crippen LogP contribution in [0.4, 0.5) is 0 Å². The summed E-state index contributed by atoms with van der Waals surface area (Å²) in [6, 6.07) is 0. The molecular weight excluding hydrogens is 128 g/mol. The summed E-state index contributed by atoms with van der Waals surface area (Å²) < 4.78 is 11.2. The van der Waals surface area contributed by atoms with Gasteiger partial charge >= 0.3 is 0 Å². The maximum absolute atomic E-state index is 5.60. The van der Waals surface area contributed by atoms with E-state index in [4.69, 9.17) is 9.47 Å². The minimum atomic E-state index is 0.177. The van der Waals surface area contributed by atoms with Crippen molar-refractivity contribution in [3.63, 3.8) is 0 Å². The number of hydrogen-bond donors (Lipinski definition) is 0. The zero-order valence-electron chi connectivity index (χ0n) is 5.95. The highest BCUT2D eigenvalue weighted by atomic mass is 16.7. The van der Waals surface area contributed by atoms with Gasteiger partial charge in [-0.15, -0.1) is 0 Å². The molecule has 2 heteroatoms. The molecule has 3 aliphatic heterocycles. The van der Waals surface area contributed by atoms with Crippen molar-refractivity contribution in [2.24, 2.45) is 5.92 Å². The molecule has 4 fully saturated rings. The molecule has 0 spiro atoms. The first-order valence-electron chi connectivity index (χ1n) is 4.21. The van der Waals surface area contributed by atoms with Gasteiger partial charge in [0.15, 0.2) is 6.29 Å². The van der Waals surface area contributed by atoms with E-state index >= 15 is 0 Å². The monoisotopic (exact) mass is 140 g/mol. The van der Waals surface area contributed by atoms with Gasteiger partial charge in [-0.05, 0) is 18.8 Å². The van der Waals surface area contributed by atoms with E-state index in [1.807, 2.05) is 0 Å². The molecule has 4 aliphatic rings. The molecule has 0 N–H and O–H groups in total. The highest BCUT2D eigenvalue weighted by Gasteiger charge is 2.43. The van der Waals surface area contributed by atoms with Gasteiger partial charge < -0.3 is 9.47 Å². The van der Waals surface area contributed by atoms with Crippen molar-refractivity contribution in [2.75, 3.05) is 0 Å². The summed E-state index contributed by atoms with van der Waals surface area (Å²) in [4.78, 5) is 0. The SMILES string of the molecule is C1C2CC3CC1OC(C2)O3. The van der Waals surface area contributed by atoms with Crippen molar-refractivity contribution in [2.45, 2.75) is 44.2 Å². The van der Waals surface area contributed by atoms with Gasteiger partial charge in [0.25, 0.3) is 0 Å². The molecule has 3 saturated heterocycles. The van der Waals surface area contributed by atoms with E-state index in [2.05, 4.69) is 0 Å². The van der Waals surface area contributed by atoms with Crippen LogP contribution in [0.5, 0.6) is 0 Å². The zero-order valence-corrected chi connectivity index (χ0v) is 5.95. The van der Waals surface area contributed by atoms with Crippen LogP contribution in [0.2, 0.25) is 0 Å². The highest BCUT2D eigenvalue weighted by molar-refractivity contribution is 4.89. The lowest BCUT2D eigenvalue weighted by Crippen LogP contribution is -2.50. The Balaban J connectivity index is 1.90. The summed E-state index contributed by atoms with van der Waals surface area (Å²) in [7, 11) is 0. The Kier molecular flexibility index (Phi) is 0.968. The fourth-order valence-corrected chi connectivity index (χ4v) is 2.58. The lowest BCUT2D eigenvalue weighted by Gasteiger charge is -2.49. The fourth-order valence-electron chi connectivity index (χ4n) is 2.58.